The number of nitrogens with one attached hydrogen (secondary N) is 1. The number of alkyl carbamates (subject to hydrolysis) is 1. The molecular formula is C30H37N5O9SSi. The molecule has 3 aromatic rings. The quantitative estimate of drug-likeness (QED) is 0.129. The van der Waals surface area contributed by atoms with E-state index in [0.717, 1.165) is 0 Å². The van der Waals surface area contributed by atoms with Crippen molar-refractivity contribution in [2.45, 2.75) is 77.2 Å². The van der Waals surface area contributed by atoms with Crippen molar-refractivity contribution in [2.75, 3.05) is 6.54 Å². The Morgan fingerprint density at radius 2 is 1.52 bits per heavy atom. The van der Waals surface area contributed by atoms with E-state index in [1.54, 1.807) is 22.4 Å². The average molecular weight is 672 g/mol. The van der Waals surface area contributed by atoms with Gasteiger partial charge in [0.1, 0.15) is 18.2 Å². The molecule has 0 aliphatic carbocycles. The first-order chi connectivity index (χ1) is 21.6. The lowest BCUT2D eigenvalue weighted by molar-refractivity contribution is -0.385. The number of likely N-dealkylation sites (tertiary alicyclic amines) is 1. The monoisotopic (exact) mass is 671 g/mol. The van der Waals surface area contributed by atoms with Crippen molar-refractivity contribution in [3.63, 3.8) is 0 Å². The summed E-state index contributed by atoms with van der Waals surface area (Å²) in [5, 5.41) is 26.9. The predicted octanol–water partition coefficient (Wildman–Crippen LogP) is 6.86. The lowest BCUT2D eigenvalue weighted by Crippen LogP contribution is -2.44. The first kappa shape index (κ1) is 34.5. The number of aromatic nitrogens is 1. The van der Waals surface area contributed by atoms with Crippen molar-refractivity contribution in [2.24, 2.45) is 0 Å². The van der Waals surface area contributed by atoms with Crippen LogP contribution in [-0.2, 0) is 33.7 Å². The highest BCUT2D eigenvalue weighted by molar-refractivity contribution is 7.09. The number of hydrogen-bond acceptors (Lipinski definition) is 11. The minimum atomic E-state index is -2.15. The van der Waals surface area contributed by atoms with Gasteiger partial charge in [-0.1, -0.05) is 20.8 Å². The maximum atomic E-state index is 13.4. The molecule has 14 nitrogen and oxygen atoms in total. The summed E-state index contributed by atoms with van der Waals surface area (Å²) >= 11 is 1.36. The van der Waals surface area contributed by atoms with Gasteiger partial charge in [0, 0.05) is 42.6 Å². The van der Waals surface area contributed by atoms with Crippen LogP contribution in [0.15, 0.2) is 53.9 Å². The first-order valence-electron chi connectivity index (χ1n) is 14.6. The van der Waals surface area contributed by atoms with Gasteiger partial charge in [-0.05, 0) is 53.5 Å². The van der Waals surface area contributed by atoms with E-state index in [-0.39, 0.29) is 42.3 Å². The highest BCUT2D eigenvalue weighted by Crippen LogP contribution is 2.42. The summed E-state index contributed by atoms with van der Waals surface area (Å²) in [5.41, 5.74) is 1.70. The van der Waals surface area contributed by atoms with Crippen molar-refractivity contribution in [3.05, 3.63) is 96.0 Å². The van der Waals surface area contributed by atoms with Crippen LogP contribution in [-0.4, -0.2) is 52.9 Å². The Morgan fingerprint density at radius 3 is 2.04 bits per heavy atom. The Kier molecular flexibility index (Phi) is 10.7. The number of amides is 2. The van der Waals surface area contributed by atoms with E-state index < -0.39 is 36.4 Å². The molecule has 2 atom stereocenters. The van der Waals surface area contributed by atoms with Crippen molar-refractivity contribution >= 4 is 43.2 Å². The Balaban J connectivity index is 1.39. The molecule has 246 valence electrons. The average Bonchev–Trinajstić information content (AvgIpc) is 3.64. The van der Waals surface area contributed by atoms with Gasteiger partial charge in [0.2, 0.25) is 0 Å². The Labute approximate surface area is 271 Å². The maximum absolute atomic E-state index is 13.4. The van der Waals surface area contributed by atoms with E-state index in [1.165, 1.54) is 47.7 Å². The molecule has 16 heteroatoms. The van der Waals surface area contributed by atoms with Gasteiger partial charge in [-0.15, -0.1) is 11.3 Å². The van der Waals surface area contributed by atoms with Gasteiger partial charge in [0.05, 0.1) is 34.2 Å². The van der Waals surface area contributed by atoms with Crippen molar-refractivity contribution in [3.8, 4) is 0 Å². The van der Waals surface area contributed by atoms with Crippen LogP contribution in [0.25, 0.3) is 0 Å². The largest absolute Gasteiger partial charge is 0.445 e. The summed E-state index contributed by atoms with van der Waals surface area (Å²) in [5.74, 6) is 0. The highest BCUT2D eigenvalue weighted by Gasteiger charge is 2.45. The standard InChI is InChI=1S/C30H37N5O9SSi/c1-30(2,3)46(4,5)44-25-14-26(33(16-25)29(37)43-18-21-8-12-24(13-9-21)35(40)41)27-32-22(19-45-27)15-31-28(36)42-17-20-6-10-23(11-7-20)34(38)39/h6-13,19,25-26H,14-18H2,1-5H3,(H,31,36)/t25-,26+/m1/s1. The molecule has 2 heterocycles. The first-order valence-corrected chi connectivity index (χ1v) is 18.3. The summed E-state index contributed by atoms with van der Waals surface area (Å²) in [6, 6.07) is 11.1. The molecule has 1 fully saturated rings. The molecule has 4 rings (SSSR count). The molecule has 46 heavy (non-hydrogen) atoms. The number of hydrogen-bond donors (Lipinski definition) is 1. The smallest absolute Gasteiger partial charge is 0.410 e. The van der Waals surface area contributed by atoms with Crippen molar-refractivity contribution in [1.82, 2.24) is 15.2 Å². The Hall–Kier alpha value is -4.41. The third-order valence-electron chi connectivity index (χ3n) is 8.06. The van der Waals surface area contributed by atoms with E-state index in [2.05, 4.69) is 39.2 Å². The number of nitro benzene ring substituents is 2. The second kappa shape index (κ2) is 14.3. The number of rotatable bonds is 11. The van der Waals surface area contributed by atoms with Crippen LogP contribution < -0.4 is 5.32 Å². The van der Waals surface area contributed by atoms with Crippen molar-refractivity contribution in [1.29, 1.82) is 0 Å². The van der Waals surface area contributed by atoms with Gasteiger partial charge < -0.3 is 19.2 Å². The van der Waals surface area contributed by atoms with Gasteiger partial charge >= 0.3 is 12.2 Å². The summed E-state index contributed by atoms with van der Waals surface area (Å²) in [4.78, 5) is 52.7. The van der Waals surface area contributed by atoms with Crippen molar-refractivity contribution < 1.29 is 33.3 Å². The van der Waals surface area contributed by atoms with Gasteiger partial charge in [-0.3, -0.25) is 25.1 Å². The van der Waals surface area contributed by atoms with Gasteiger partial charge in [0.25, 0.3) is 11.4 Å². The second-order valence-corrected chi connectivity index (χ2v) is 18.1. The fourth-order valence-electron chi connectivity index (χ4n) is 4.49. The van der Waals surface area contributed by atoms with Crippen LogP contribution in [0.5, 0.6) is 0 Å². The topological polar surface area (TPSA) is 176 Å². The molecule has 0 spiro atoms. The minimum Gasteiger partial charge on any atom is -0.445 e. The minimum absolute atomic E-state index is 0.0283. The van der Waals surface area contributed by atoms with E-state index in [1.807, 2.05) is 0 Å². The predicted molar refractivity (Wildman–Crippen MR) is 172 cm³/mol. The van der Waals surface area contributed by atoms with E-state index in [4.69, 9.17) is 18.9 Å². The number of non-ortho nitro benzene ring substituents is 2. The molecule has 0 saturated carbocycles. The van der Waals surface area contributed by atoms with E-state index in [9.17, 15) is 29.8 Å². The van der Waals surface area contributed by atoms with Crippen LogP contribution in [0, 0.1) is 20.2 Å². The molecule has 1 saturated heterocycles. The van der Waals surface area contributed by atoms with E-state index in [0.29, 0.717) is 34.8 Å². The fraction of sp³-hybridized carbons (Fsp3) is 0.433. The van der Waals surface area contributed by atoms with Gasteiger partial charge in [-0.2, -0.15) is 0 Å². The van der Waals surface area contributed by atoms with Crippen LogP contribution in [0.1, 0.15) is 55.1 Å². The SMILES string of the molecule is CC(C)(C)[Si](C)(C)O[C@@H]1C[C@@H](c2nc(CNC(=O)OCc3ccc([N+](=O)[O-])cc3)cs2)N(C(=O)OCc2ccc([N+](=O)[O-])cc2)C1. The Bertz CT molecular complexity index is 1560. The van der Waals surface area contributed by atoms with Gasteiger partial charge in [0.15, 0.2) is 8.32 Å². The van der Waals surface area contributed by atoms with Crippen LogP contribution >= 0.6 is 11.3 Å². The van der Waals surface area contributed by atoms with Crippen LogP contribution in [0.4, 0.5) is 21.0 Å². The second-order valence-electron chi connectivity index (χ2n) is 12.4. The number of benzene rings is 2. The summed E-state index contributed by atoms with van der Waals surface area (Å²) in [6.45, 7) is 11.1. The Morgan fingerprint density at radius 1 is 0.978 bits per heavy atom. The van der Waals surface area contributed by atoms with E-state index >= 15 is 0 Å². The number of thiazole rings is 1. The molecular weight excluding hydrogens is 635 g/mol. The number of nitrogens with zero attached hydrogens (tertiary/aromatic N) is 4. The number of nitro groups is 2. The zero-order chi connectivity index (χ0) is 33.6. The summed E-state index contributed by atoms with van der Waals surface area (Å²) < 4.78 is 17.5. The molecule has 1 aliphatic rings. The summed E-state index contributed by atoms with van der Waals surface area (Å²) in [6.07, 6.45) is -0.920. The normalized spacial score (nSPS) is 16.6. The highest BCUT2D eigenvalue weighted by atomic mass is 32.1. The van der Waals surface area contributed by atoms with Crippen LogP contribution in [0.2, 0.25) is 18.1 Å². The van der Waals surface area contributed by atoms with Crippen LogP contribution in [0.3, 0.4) is 0 Å². The number of carbonyl (C=O) groups excluding carboxylic acids is 2. The molecule has 1 N–H and O–H groups in total. The zero-order valence-corrected chi connectivity index (χ0v) is 28.1. The number of ether oxygens (including phenoxy) is 2. The molecule has 0 bridgehead atoms. The third-order valence-corrected chi connectivity index (χ3v) is 13.6. The molecule has 2 aromatic carbocycles. The third kappa shape index (κ3) is 8.86. The molecule has 1 aliphatic heterocycles. The molecule has 1 aromatic heterocycles. The fourth-order valence-corrected chi connectivity index (χ4v) is 6.79. The number of carbonyl (C=O) groups is 2. The molecule has 0 unspecified atom stereocenters. The lowest BCUT2D eigenvalue weighted by Gasteiger charge is -2.38. The van der Waals surface area contributed by atoms with Gasteiger partial charge in [-0.25, -0.2) is 14.6 Å². The molecule has 0 radical (unpaired) electrons. The lowest BCUT2D eigenvalue weighted by atomic mass is 10.2. The molecule has 2 amide bonds. The zero-order valence-electron chi connectivity index (χ0n) is 26.3. The maximum Gasteiger partial charge on any atom is 0.410 e. The summed E-state index contributed by atoms with van der Waals surface area (Å²) in [7, 11) is -2.15.